The van der Waals surface area contributed by atoms with Gasteiger partial charge < -0.3 is 55.6 Å². The van der Waals surface area contributed by atoms with E-state index in [4.69, 9.17) is 11.6 Å². The molecule has 0 bridgehead atoms. The number of rotatable bonds is 13. The molecule has 22 nitrogen and oxygen atoms in total. The maximum absolute atomic E-state index is 15.2. The molecule has 1 heterocycles. The molecular formula is C67H95ClF3N11O11. The number of hydrogen-bond acceptors (Lipinski definition) is 11. The molecule has 1 aliphatic heterocycles. The SMILES string of the molecule is CC[C@H](C)[C@@H]1NC(=O)[C@H](C)N(C)C(=O)C[C@@H](C)NC(=O)[C@H](CC(C)C)N(C)C(=O)[C@H](Cc2ccccc2)N(C)C(=O)[C@H](CC(C)C)NC(=O)[C@H](CCc2ccc(C(F)(F)F)cc2)NC(=O)CN(C)C(=O)[C@H](Cc2ccc(Cl)cc2)N(C)C(=O)CN(C)C(=O)CN(C)C1=O. The van der Waals surface area contributed by atoms with E-state index in [1.54, 1.807) is 82.3 Å². The fourth-order valence-corrected chi connectivity index (χ4v) is 10.8. The third-order valence-corrected chi connectivity index (χ3v) is 17.2. The van der Waals surface area contributed by atoms with Crippen molar-refractivity contribution < 1.29 is 65.9 Å². The van der Waals surface area contributed by atoms with Crippen LogP contribution in [0.25, 0.3) is 0 Å². The van der Waals surface area contributed by atoms with Gasteiger partial charge in [0.25, 0.3) is 0 Å². The highest BCUT2D eigenvalue weighted by molar-refractivity contribution is 6.30. The Bertz CT molecular complexity index is 3080. The number of carbonyl (C=O) groups excluding carboxylic acids is 11. The minimum atomic E-state index is -4.64. The average Bonchev–Trinajstić information content (AvgIpc) is 0.933. The first-order valence-electron chi connectivity index (χ1n) is 31.4. The molecule has 11 amide bonds. The molecular weight excluding hydrogens is 1230 g/mol. The number of nitrogens with zero attached hydrogens (tertiary/aromatic N) is 7. The Kier molecular flexibility index (Phi) is 29.3. The molecule has 512 valence electrons. The zero-order chi connectivity index (χ0) is 69.9. The molecule has 4 N–H and O–H groups in total. The van der Waals surface area contributed by atoms with Crippen LogP contribution in [0.15, 0.2) is 78.9 Å². The lowest BCUT2D eigenvalue weighted by Gasteiger charge is -2.37. The number of aryl methyl sites for hydroxylation is 1. The molecule has 0 spiro atoms. The van der Waals surface area contributed by atoms with Crippen molar-refractivity contribution in [2.24, 2.45) is 17.8 Å². The van der Waals surface area contributed by atoms with Gasteiger partial charge in [-0.15, -0.1) is 0 Å². The number of benzene rings is 3. The maximum atomic E-state index is 15.2. The first-order valence-corrected chi connectivity index (χ1v) is 31.8. The quantitative estimate of drug-likeness (QED) is 0.177. The van der Waals surface area contributed by atoms with Gasteiger partial charge in [-0.05, 0) is 98.2 Å². The van der Waals surface area contributed by atoms with Crippen molar-refractivity contribution in [3.8, 4) is 0 Å². The lowest BCUT2D eigenvalue weighted by Crippen LogP contribution is -2.60. The van der Waals surface area contributed by atoms with Crippen LogP contribution in [-0.4, -0.2) is 217 Å². The summed E-state index contributed by atoms with van der Waals surface area (Å²) in [5.74, 6) is -8.62. The van der Waals surface area contributed by atoms with Crippen molar-refractivity contribution in [1.29, 1.82) is 0 Å². The molecule has 9 atom stereocenters. The van der Waals surface area contributed by atoms with E-state index in [0.29, 0.717) is 28.1 Å². The second-order valence-corrected chi connectivity index (χ2v) is 25.9. The Morgan fingerprint density at radius 1 is 0.505 bits per heavy atom. The van der Waals surface area contributed by atoms with Crippen molar-refractivity contribution >= 4 is 76.6 Å². The Hall–Kier alpha value is -8.09. The minimum Gasteiger partial charge on any atom is -0.351 e. The fourth-order valence-electron chi connectivity index (χ4n) is 10.7. The molecule has 0 aromatic heterocycles. The van der Waals surface area contributed by atoms with Gasteiger partial charge in [0, 0.05) is 79.7 Å². The van der Waals surface area contributed by atoms with Crippen molar-refractivity contribution in [3.63, 3.8) is 0 Å². The van der Waals surface area contributed by atoms with Gasteiger partial charge in [0.15, 0.2) is 0 Å². The monoisotopic (exact) mass is 1320 g/mol. The van der Waals surface area contributed by atoms with E-state index in [-0.39, 0.29) is 56.8 Å². The Morgan fingerprint density at radius 3 is 1.59 bits per heavy atom. The van der Waals surface area contributed by atoms with Crippen LogP contribution in [0.4, 0.5) is 13.2 Å². The van der Waals surface area contributed by atoms with E-state index in [2.05, 4.69) is 21.3 Å². The highest BCUT2D eigenvalue weighted by atomic mass is 35.5. The smallest absolute Gasteiger partial charge is 0.351 e. The summed E-state index contributed by atoms with van der Waals surface area (Å²) in [4.78, 5) is 167. The molecule has 0 unspecified atom stereocenters. The number of halogens is 4. The zero-order valence-electron chi connectivity index (χ0n) is 56.3. The van der Waals surface area contributed by atoms with Crippen LogP contribution in [0.1, 0.15) is 110 Å². The summed E-state index contributed by atoms with van der Waals surface area (Å²) in [5.41, 5.74) is 0.664. The summed E-state index contributed by atoms with van der Waals surface area (Å²) in [6, 6.07) is 9.79. The van der Waals surface area contributed by atoms with Gasteiger partial charge in [-0.3, -0.25) is 52.7 Å². The molecule has 4 rings (SSSR count). The van der Waals surface area contributed by atoms with Crippen molar-refractivity contribution in [1.82, 2.24) is 55.6 Å². The molecule has 26 heteroatoms. The third kappa shape index (κ3) is 22.9. The van der Waals surface area contributed by atoms with Gasteiger partial charge in [-0.25, -0.2) is 0 Å². The van der Waals surface area contributed by atoms with Crippen molar-refractivity contribution in [2.75, 3.05) is 69.0 Å². The lowest BCUT2D eigenvalue weighted by atomic mass is 9.97. The first kappa shape index (κ1) is 77.4. The number of amides is 11. The van der Waals surface area contributed by atoms with E-state index >= 15 is 9.59 Å². The van der Waals surface area contributed by atoms with Crippen LogP contribution in [-0.2, 0) is 78.2 Å². The molecule has 0 radical (unpaired) electrons. The summed E-state index contributed by atoms with van der Waals surface area (Å²) in [7, 11) is 9.58. The van der Waals surface area contributed by atoms with Gasteiger partial charge in [0.05, 0.1) is 25.2 Å². The van der Waals surface area contributed by atoms with Crippen LogP contribution in [0.2, 0.25) is 5.02 Å². The Morgan fingerprint density at radius 2 is 1.03 bits per heavy atom. The molecule has 3 aromatic carbocycles. The van der Waals surface area contributed by atoms with Gasteiger partial charge in [0.1, 0.15) is 42.3 Å². The highest BCUT2D eigenvalue weighted by Crippen LogP contribution is 2.30. The molecule has 1 fully saturated rings. The average molecular weight is 1320 g/mol. The summed E-state index contributed by atoms with van der Waals surface area (Å²) >= 11 is 6.20. The van der Waals surface area contributed by atoms with Crippen LogP contribution >= 0.6 is 11.6 Å². The Labute approximate surface area is 550 Å². The van der Waals surface area contributed by atoms with Crippen molar-refractivity contribution in [2.45, 2.75) is 161 Å². The molecule has 0 saturated carbocycles. The molecule has 1 saturated heterocycles. The normalized spacial score (nSPS) is 23.5. The van der Waals surface area contributed by atoms with Gasteiger partial charge in [-0.1, -0.05) is 114 Å². The summed E-state index contributed by atoms with van der Waals surface area (Å²) in [5, 5.41) is 11.5. The zero-order valence-corrected chi connectivity index (χ0v) is 57.0. The fraction of sp³-hybridized carbons (Fsp3) is 0.567. The molecule has 0 aliphatic carbocycles. The number of nitrogens with one attached hydrogen (secondary N) is 4. The summed E-state index contributed by atoms with van der Waals surface area (Å²) in [6.45, 7) is 12.1. The van der Waals surface area contributed by atoms with E-state index in [1.165, 1.54) is 83.1 Å². The summed E-state index contributed by atoms with van der Waals surface area (Å²) < 4.78 is 40.9. The van der Waals surface area contributed by atoms with Crippen molar-refractivity contribution in [3.05, 3.63) is 106 Å². The number of carbonyl (C=O) groups is 11. The van der Waals surface area contributed by atoms with Crippen LogP contribution in [0, 0.1) is 17.8 Å². The third-order valence-electron chi connectivity index (χ3n) is 17.0. The number of hydrogen-bond donors (Lipinski definition) is 4. The van der Waals surface area contributed by atoms with E-state index < -0.39 is 151 Å². The van der Waals surface area contributed by atoms with E-state index in [9.17, 15) is 56.3 Å². The largest absolute Gasteiger partial charge is 0.416 e. The van der Waals surface area contributed by atoms with Crippen LogP contribution in [0.3, 0.4) is 0 Å². The van der Waals surface area contributed by atoms with E-state index in [1.807, 2.05) is 20.8 Å². The predicted octanol–water partition coefficient (Wildman–Crippen LogP) is 4.98. The molecule has 93 heavy (non-hydrogen) atoms. The number of likely N-dealkylation sites (N-methyl/N-ethyl adjacent to an activating group) is 7. The van der Waals surface area contributed by atoms with E-state index in [0.717, 1.165) is 31.7 Å². The van der Waals surface area contributed by atoms with Gasteiger partial charge >= 0.3 is 6.18 Å². The lowest BCUT2D eigenvalue weighted by molar-refractivity contribution is -0.149. The first-order chi connectivity index (χ1) is 43.4. The topological polar surface area (TPSA) is 259 Å². The number of alkyl halides is 3. The second-order valence-electron chi connectivity index (χ2n) is 25.4. The van der Waals surface area contributed by atoms with Gasteiger partial charge in [0.2, 0.25) is 65.0 Å². The minimum absolute atomic E-state index is 0.0158. The second kappa shape index (κ2) is 35.3. The Balaban J connectivity index is 1.86. The van der Waals surface area contributed by atoms with Gasteiger partial charge in [-0.2, -0.15) is 13.2 Å². The molecule has 3 aromatic rings. The molecule has 1 aliphatic rings. The summed E-state index contributed by atoms with van der Waals surface area (Å²) in [6.07, 6.45) is -4.77. The standard InChI is InChI=1S/C67H95ClF3N11O11/c1-16-42(6)59-66(93)78(11)38-57(85)76(9)39-58(86)80(13)53(36-47-24-29-49(68)30-25-47)64(91)77(10)37-55(83)73-50(31-26-45-22-27-48(28-23-45)67(69,70)71)61(88)74-51(32-40(2)3)63(90)82(15)54(35-46-20-18-17-19-21-46)65(92)81(14)52(33-41(4)5)62(89)72-43(7)34-56(84)79(12)44(8)60(87)75-59/h17-25,27-30,40-44,50-54,59H,16,26,31-39H2,1-15H3,(H,72,89)(H,73,83)(H,74,88)(H,75,87)/t42-,43+,44-,50-,51-,52-,53-,54-,59-/m0/s1. The van der Waals surface area contributed by atoms with Crippen LogP contribution in [0.5, 0.6) is 0 Å². The maximum Gasteiger partial charge on any atom is 0.416 e. The highest BCUT2D eigenvalue weighted by Gasteiger charge is 2.41. The predicted molar refractivity (Wildman–Crippen MR) is 346 cm³/mol. The van der Waals surface area contributed by atoms with Crippen LogP contribution < -0.4 is 21.3 Å².